The zero-order valence-electron chi connectivity index (χ0n) is 15.2. The summed E-state index contributed by atoms with van der Waals surface area (Å²) in [6, 6.07) is 17.7. The Morgan fingerprint density at radius 2 is 1.62 bits per heavy atom. The van der Waals surface area contributed by atoms with Gasteiger partial charge in [-0.1, -0.05) is 55.5 Å². The van der Waals surface area contributed by atoms with Gasteiger partial charge in [0.2, 0.25) is 5.91 Å². The van der Waals surface area contributed by atoms with Gasteiger partial charge in [0.25, 0.3) is 0 Å². The second-order valence-corrected chi connectivity index (χ2v) is 6.58. The number of amides is 1. The van der Waals surface area contributed by atoms with E-state index in [-0.39, 0.29) is 42.7 Å². The molecule has 2 atom stereocenters. The third-order valence-electron chi connectivity index (χ3n) is 4.81. The lowest BCUT2D eigenvalue weighted by Gasteiger charge is -2.28. The molecule has 2 aromatic carbocycles. The third kappa shape index (κ3) is 4.77. The molecule has 6 heteroatoms. The normalized spacial score (nSPS) is 16.3. The largest absolute Gasteiger partial charge is 0.323 e. The van der Waals surface area contributed by atoms with E-state index in [0.29, 0.717) is 6.54 Å². The smallest absolute Gasteiger partial charge is 0.231 e. The summed E-state index contributed by atoms with van der Waals surface area (Å²) in [6.45, 7) is 4.34. The van der Waals surface area contributed by atoms with Crippen molar-refractivity contribution in [3.63, 3.8) is 0 Å². The molecular formula is C20H27Cl2N3O. The predicted octanol–water partition coefficient (Wildman–Crippen LogP) is 3.64. The molecule has 3 rings (SSSR count). The number of rotatable bonds is 3. The quantitative estimate of drug-likeness (QED) is 0.862. The molecule has 1 aliphatic rings. The van der Waals surface area contributed by atoms with Gasteiger partial charge < -0.3 is 15.5 Å². The molecule has 142 valence electrons. The first-order valence-electron chi connectivity index (χ1n) is 8.46. The monoisotopic (exact) mass is 395 g/mol. The third-order valence-corrected chi connectivity index (χ3v) is 4.81. The van der Waals surface area contributed by atoms with Crippen LogP contribution in [0.25, 0.3) is 0 Å². The second kappa shape index (κ2) is 9.93. The van der Waals surface area contributed by atoms with E-state index >= 15 is 0 Å². The molecule has 2 aromatic rings. The fourth-order valence-corrected chi connectivity index (χ4v) is 3.26. The first kappa shape index (κ1) is 22.5. The van der Waals surface area contributed by atoms with E-state index < -0.39 is 0 Å². The molecule has 4 nitrogen and oxygen atoms in total. The molecular weight excluding hydrogens is 369 g/mol. The average molecular weight is 396 g/mol. The number of carbonyl (C=O) groups is 1. The average Bonchev–Trinajstić information content (AvgIpc) is 2.78. The fourth-order valence-electron chi connectivity index (χ4n) is 3.26. The van der Waals surface area contributed by atoms with Crippen LogP contribution >= 0.6 is 24.8 Å². The van der Waals surface area contributed by atoms with Crippen LogP contribution in [-0.2, 0) is 11.3 Å². The Hall–Kier alpha value is -1.59. The maximum Gasteiger partial charge on any atom is 0.231 e. The lowest BCUT2D eigenvalue weighted by molar-refractivity contribution is -0.122. The highest BCUT2D eigenvalue weighted by Crippen LogP contribution is 2.28. The van der Waals surface area contributed by atoms with Gasteiger partial charge in [0, 0.05) is 31.4 Å². The number of nitrogens with zero attached hydrogens (tertiary/aromatic N) is 2. The number of fused-ring (bicyclic) bond motifs is 1. The Labute approximate surface area is 168 Å². The van der Waals surface area contributed by atoms with E-state index in [2.05, 4.69) is 18.0 Å². The van der Waals surface area contributed by atoms with Gasteiger partial charge in [-0.05, 0) is 24.2 Å². The van der Waals surface area contributed by atoms with Crippen LogP contribution in [-0.4, -0.2) is 30.9 Å². The number of hydrogen-bond acceptors (Lipinski definition) is 3. The van der Waals surface area contributed by atoms with Crippen molar-refractivity contribution >= 4 is 36.4 Å². The molecule has 0 saturated carbocycles. The Balaban J connectivity index is 0.00000169. The molecule has 0 aliphatic carbocycles. The van der Waals surface area contributed by atoms with Gasteiger partial charge in [-0.15, -0.1) is 24.8 Å². The first-order valence-corrected chi connectivity index (χ1v) is 8.46. The summed E-state index contributed by atoms with van der Waals surface area (Å²) < 4.78 is 0. The van der Waals surface area contributed by atoms with E-state index in [1.807, 2.05) is 60.4 Å². The van der Waals surface area contributed by atoms with Crippen molar-refractivity contribution in [3.8, 4) is 0 Å². The van der Waals surface area contributed by atoms with Crippen molar-refractivity contribution in [2.24, 2.45) is 11.7 Å². The van der Waals surface area contributed by atoms with E-state index in [1.54, 1.807) is 0 Å². The minimum absolute atomic E-state index is 0. The fraction of sp³-hybridized carbons (Fsp3) is 0.350. The summed E-state index contributed by atoms with van der Waals surface area (Å²) in [6.07, 6.45) is 0. The molecule has 2 unspecified atom stereocenters. The summed E-state index contributed by atoms with van der Waals surface area (Å²) in [5.74, 6) is -0.182. The van der Waals surface area contributed by atoms with Crippen molar-refractivity contribution in [3.05, 3.63) is 65.7 Å². The highest BCUT2D eigenvalue weighted by Gasteiger charge is 2.30. The summed E-state index contributed by atoms with van der Waals surface area (Å²) in [7, 11) is 2.09. The predicted molar refractivity (Wildman–Crippen MR) is 112 cm³/mol. The molecule has 0 bridgehead atoms. The summed E-state index contributed by atoms with van der Waals surface area (Å²) in [5.41, 5.74) is 9.57. The number of likely N-dealkylation sites (N-methyl/N-ethyl adjacent to an activating group) is 1. The van der Waals surface area contributed by atoms with Crippen LogP contribution in [0.3, 0.4) is 0 Å². The van der Waals surface area contributed by atoms with Crippen molar-refractivity contribution in [2.45, 2.75) is 19.5 Å². The molecule has 1 aliphatic heterocycles. The summed E-state index contributed by atoms with van der Waals surface area (Å²) in [5, 5.41) is 0. The van der Waals surface area contributed by atoms with Crippen LogP contribution in [0, 0.1) is 5.92 Å². The van der Waals surface area contributed by atoms with E-state index in [9.17, 15) is 4.79 Å². The lowest BCUT2D eigenvalue weighted by atomic mass is 9.94. The van der Waals surface area contributed by atoms with Crippen molar-refractivity contribution in [1.82, 2.24) is 4.90 Å². The maximum absolute atomic E-state index is 13.2. The van der Waals surface area contributed by atoms with Gasteiger partial charge in [-0.2, -0.15) is 0 Å². The standard InChI is InChI=1S/C20H25N3O.2ClH/c1-15(19(21)16-8-4-3-5-9-16)20(24)23-13-12-22(2)14-17-10-6-7-11-18(17)23;;/h3-11,15,19H,12-14,21H2,1-2H3;2*1H. The Kier molecular flexibility index (Phi) is 8.57. The van der Waals surface area contributed by atoms with Crippen LogP contribution in [0.2, 0.25) is 0 Å². The van der Waals surface area contributed by atoms with Gasteiger partial charge >= 0.3 is 0 Å². The van der Waals surface area contributed by atoms with Crippen molar-refractivity contribution < 1.29 is 4.79 Å². The van der Waals surface area contributed by atoms with Gasteiger partial charge in [-0.3, -0.25) is 4.79 Å². The molecule has 0 spiro atoms. The Bertz CT molecular complexity index is 711. The van der Waals surface area contributed by atoms with Crippen molar-refractivity contribution in [2.75, 3.05) is 25.0 Å². The van der Waals surface area contributed by atoms with Crippen LogP contribution in [0.4, 0.5) is 5.69 Å². The Morgan fingerprint density at radius 3 is 2.31 bits per heavy atom. The highest BCUT2D eigenvalue weighted by atomic mass is 35.5. The van der Waals surface area contributed by atoms with E-state index in [4.69, 9.17) is 5.73 Å². The number of hydrogen-bond donors (Lipinski definition) is 1. The maximum atomic E-state index is 13.2. The van der Waals surface area contributed by atoms with Gasteiger partial charge in [0.15, 0.2) is 0 Å². The molecule has 0 saturated heterocycles. The van der Waals surface area contributed by atoms with Crippen LogP contribution < -0.4 is 10.6 Å². The minimum atomic E-state index is -0.299. The van der Waals surface area contributed by atoms with E-state index in [0.717, 1.165) is 24.3 Å². The number of benzene rings is 2. The topological polar surface area (TPSA) is 49.6 Å². The number of para-hydroxylation sites is 1. The summed E-state index contributed by atoms with van der Waals surface area (Å²) in [4.78, 5) is 17.3. The second-order valence-electron chi connectivity index (χ2n) is 6.58. The molecule has 0 radical (unpaired) electrons. The minimum Gasteiger partial charge on any atom is -0.323 e. The zero-order valence-corrected chi connectivity index (χ0v) is 16.8. The van der Waals surface area contributed by atoms with Crippen molar-refractivity contribution in [1.29, 1.82) is 0 Å². The lowest BCUT2D eigenvalue weighted by Crippen LogP contribution is -2.41. The number of carbonyl (C=O) groups excluding carboxylic acids is 1. The van der Waals surface area contributed by atoms with E-state index in [1.165, 1.54) is 5.56 Å². The number of anilines is 1. The molecule has 0 fully saturated rings. The first-order chi connectivity index (χ1) is 11.6. The van der Waals surface area contributed by atoms with Crippen LogP contribution in [0.1, 0.15) is 24.1 Å². The SMILES string of the molecule is CC(C(=O)N1CCN(C)Cc2ccccc21)C(N)c1ccccc1.Cl.Cl. The molecule has 2 N–H and O–H groups in total. The number of nitrogens with two attached hydrogens (primary N) is 1. The molecule has 1 amide bonds. The zero-order chi connectivity index (χ0) is 17.1. The highest BCUT2D eigenvalue weighted by molar-refractivity contribution is 5.96. The van der Waals surface area contributed by atoms with Gasteiger partial charge in [0.1, 0.15) is 0 Å². The van der Waals surface area contributed by atoms with Gasteiger partial charge in [0.05, 0.1) is 5.92 Å². The molecule has 1 heterocycles. The van der Waals surface area contributed by atoms with Crippen LogP contribution in [0.15, 0.2) is 54.6 Å². The van der Waals surface area contributed by atoms with Gasteiger partial charge in [-0.25, -0.2) is 0 Å². The molecule has 0 aromatic heterocycles. The molecule has 26 heavy (non-hydrogen) atoms. The summed E-state index contributed by atoms with van der Waals surface area (Å²) >= 11 is 0. The number of halogens is 2. The van der Waals surface area contributed by atoms with Crippen LogP contribution in [0.5, 0.6) is 0 Å². The Morgan fingerprint density at radius 1 is 1.00 bits per heavy atom.